The fourth-order valence-electron chi connectivity index (χ4n) is 8.35. The predicted octanol–water partition coefficient (Wildman–Crippen LogP) is 8.32. The molecule has 0 saturated heterocycles. The van der Waals surface area contributed by atoms with E-state index in [-0.39, 0.29) is 46.5 Å². The van der Waals surface area contributed by atoms with E-state index in [1.807, 2.05) is 0 Å². The first-order valence-corrected chi connectivity index (χ1v) is 21.4. The summed E-state index contributed by atoms with van der Waals surface area (Å²) < 4.78 is 1.42. The summed E-state index contributed by atoms with van der Waals surface area (Å²) in [7, 11) is 0. The summed E-state index contributed by atoms with van der Waals surface area (Å²) >= 11 is 1.46. The summed E-state index contributed by atoms with van der Waals surface area (Å²) in [5.74, 6) is 0. The van der Waals surface area contributed by atoms with E-state index >= 15 is 0 Å². The molecule has 0 aliphatic heterocycles. The molecule has 0 nitrogen and oxygen atoms in total. The van der Waals surface area contributed by atoms with E-state index in [4.69, 9.17) is 0 Å². The molecule has 0 N–H and O–H groups in total. The molecule has 5 aromatic rings. The molecule has 0 bridgehead atoms. The first kappa shape index (κ1) is 46.7. The molecular weight excluding hydrogens is 811 g/mol. The molecule has 0 amide bonds. The maximum atomic E-state index is 3.85. The van der Waals surface area contributed by atoms with Gasteiger partial charge in [-0.25, -0.2) is 11.6 Å². The van der Waals surface area contributed by atoms with Gasteiger partial charge in [-0.3, -0.25) is 6.08 Å². The summed E-state index contributed by atoms with van der Waals surface area (Å²) in [5.41, 5.74) is 20.7. The molecule has 0 saturated carbocycles. The molecule has 0 aromatic heterocycles. The van der Waals surface area contributed by atoms with Gasteiger partial charge >= 0.3 is 99.2 Å². The number of allylic oxidation sites excluding steroid dienone is 4. The number of rotatable bonds is 2. The van der Waals surface area contributed by atoms with Crippen molar-refractivity contribution in [3.05, 3.63) is 171 Å². The molecule has 298 valence electrons. The molecule has 0 unspecified atom stereocenters. The fourth-order valence-corrected chi connectivity index (χ4v) is 9.17. The molecule has 3 aliphatic carbocycles. The van der Waals surface area contributed by atoms with Crippen LogP contribution in [0.4, 0.5) is 0 Å². The molecule has 0 fully saturated rings. The number of aryl methyl sites for hydroxylation is 1. The molecular formula is C54H62Cl2Zr-2. The molecule has 3 heteroatoms. The average Bonchev–Trinajstić information content (AvgIpc) is 3.84. The van der Waals surface area contributed by atoms with E-state index in [0.29, 0.717) is 5.41 Å². The molecule has 0 spiro atoms. The van der Waals surface area contributed by atoms with Gasteiger partial charge < -0.3 is 24.8 Å². The quantitative estimate of drug-likeness (QED) is 0.154. The van der Waals surface area contributed by atoms with Crippen molar-refractivity contribution in [1.29, 1.82) is 0 Å². The van der Waals surface area contributed by atoms with Gasteiger partial charge in [0.15, 0.2) is 0 Å². The van der Waals surface area contributed by atoms with Crippen molar-refractivity contribution in [2.45, 2.75) is 120 Å². The van der Waals surface area contributed by atoms with Crippen molar-refractivity contribution >= 4 is 14.4 Å². The zero-order valence-electron chi connectivity index (χ0n) is 36.9. The van der Waals surface area contributed by atoms with Crippen LogP contribution >= 0.6 is 0 Å². The van der Waals surface area contributed by atoms with Gasteiger partial charge in [0, 0.05) is 5.41 Å². The van der Waals surface area contributed by atoms with Gasteiger partial charge in [-0.2, -0.15) is 28.8 Å². The van der Waals surface area contributed by atoms with Crippen LogP contribution in [-0.4, -0.2) is 3.21 Å². The van der Waals surface area contributed by atoms with Gasteiger partial charge in [0.25, 0.3) is 0 Å². The van der Waals surface area contributed by atoms with Gasteiger partial charge in [0.2, 0.25) is 0 Å². The van der Waals surface area contributed by atoms with Crippen LogP contribution in [0.15, 0.2) is 109 Å². The van der Waals surface area contributed by atoms with Crippen molar-refractivity contribution in [2.75, 3.05) is 0 Å². The van der Waals surface area contributed by atoms with Gasteiger partial charge in [0.1, 0.15) is 0 Å². The second kappa shape index (κ2) is 17.0. The van der Waals surface area contributed by atoms with E-state index in [0.717, 1.165) is 6.42 Å². The summed E-state index contributed by atoms with van der Waals surface area (Å²) in [5, 5.41) is 0. The van der Waals surface area contributed by atoms with E-state index in [1.165, 1.54) is 105 Å². The normalized spacial score (nSPS) is 15.4. The van der Waals surface area contributed by atoms with Crippen LogP contribution in [0.3, 0.4) is 0 Å². The Balaban J connectivity index is 0.000000229. The van der Waals surface area contributed by atoms with E-state index in [2.05, 4.69) is 212 Å². The zero-order chi connectivity index (χ0) is 40.3. The van der Waals surface area contributed by atoms with E-state index in [1.54, 1.807) is 0 Å². The Labute approximate surface area is 373 Å². The van der Waals surface area contributed by atoms with Crippen LogP contribution in [0.1, 0.15) is 146 Å². The van der Waals surface area contributed by atoms with Crippen LogP contribution in [0.2, 0.25) is 0 Å². The first-order valence-electron chi connectivity index (χ1n) is 20.2. The Bertz CT molecular complexity index is 2150. The molecule has 0 heterocycles. The SMILES string of the molecule is CC(C)(C)C1=[C-]C(C)(C)c2cc3c(cc21)-c1cc2c(cc1C3)C(C)(C)C=C2C(C)(C)C.Cc1cc(C(C)(C)C)c[cH-]1.[Cl-].[Cl-].[Zr+2]=[C](c1ccccc1)c1ccccc1. The number of halogens is 2. The Kier molecular flexibility index (Phi) is 13.9. The minimum absolute atomic E-state index is 0. The van der Waals surface area contributed by atoms with Crippen LogP contribution < -0.4 is 24.8 Å². The third-order valence-electron chi connectivity index (χ3n) is 11.5. The third kappa shape index (κ3) is 9.92. The van der Waals surface area contributed by atoms with Gasteiger partial charge in [-0.1, -0.05) is 126 Å². The molecule has 8 rings (SSSR count). The second-order valence-electron chi connectivity index (χ2n) is 20.2. The second-order valence-corrected chi connectivity index (χ2v) is 21.5. The van der Waals surface area contributed by atoms with Crippen molar-refractivity contribution in [3.8, 4) is 11.1 Å². The van der Waals surface area contributed by atoms with Crippen molar-refractivity contribution in [3.63, 3.8) is 0 Å². The molecule has 5 aromatic carbocycles. The van der Waals surface area contributed by atoms with E-state index in [9.17, 15) is 0 Å². The van der Waals surface area contributed by atoms with Gasteiger partial charge in [-0.15, -0.1) is 11.6 Å². The monoisotopic (exact) mass is 870 g/mol. The van der Waals surface area contributed by atoms with Crippen LogP contribution in [0.5, 0.6) is 0 Å². The number of hydrogen-bond donors (Lipinski definition) is 0. The Morgan fingerprint density at radius 2 is 1.11 bits per heavy atom. The number of hydrogen-bond acceptors (Lipinski definition) is 0. The fraction of sp³-hybridized carbons (Fsp3) is 0.370. The summed E-state index contributed by atoms with van der Waals surface area (Å²) in [4.78, 5) is 0. The van der Waals surface area contributed by atoms with E-state index < -0.39 is 0 Å². The van der Waals surface area contributed by atoms with Crippen LogP contribution in [-0.2, 0) is 46.9 Å². The Morgan fingerprint density at radius 3 is 1.53 bits per heavy atom. The topological polar surface area (TPSA) is 0 Å². The molecule has 0 radical (unpaired) electrons. The molecule has 3 aliphatic rings. The summed E-state index contributed by atoms with van der Waals surface area (Å²) in [6.45, 7) is 32.2. The minimum atomic E-state index is -0.0202. The zero-order valence-corrected chi connectivity index (χ0v) is 40.8. The van der Waals surface area contributed by atoms with Crippen LogP contribution in [0.25, 0.3) is 22.3 Å². The maximum absolute atomic E-state index is 3.85. The van der Waals surface area contributed by atoms with Crippen molar-refractivity contribution in [2.24, 2.45) is 10.8 Å². The number of benzene rings is 4. The predicted molar refractivity (Wildman–Crippen MR) is 236 cm³/mol. The Morgan fingerprint density at radius 1 is 0.614 bits per heavy atom. The summed E-state index contributed by atoms with van der Waals surface area (Å²) in [6.07, 6.45) is 7.41. The molecule has 57 heavy (non-hydrogen) atoms. The number of fused-ring (bicyclic) bond motifs is 5. The van der Waals surface area contributed by atoms with Gasteiger partial charge in [0.05, 0.1) is 0 Å². The molecule has 0 atom stereocenters. The standard InChI is InChI=1S/C31H37.C13H10.C10H15.2ClH.Zr/c1-28(2,3)26-16-30(7,8)24-12-18-11-19-13-25-23(15-21(19)20(18)14-22(24)26)27(29(4,5)6)17-31(25,9)10;1-3-7-12(8-4-1)11-13-9-5-2-6-10-13;1-8-5-6-9(7-8)10(2,3)4;;;/h12-16H,11H2,1-10H3;1-10H;5-7H,1-4H3;2*1H;/q-1;;-1;;;+2/p-2. The van der Waals surface area contributed by atoms with Crippen molar-refractivity contribution in [1.82, 2.24) is 0 Å². The average molecular weight is 873 g/mol. The third-order valence-corrected chi connectivity index (χ3v) is 12.9. The summed E-state index contributed by atoms with van der Waals surface area (Å²) in [6, 6.07) is 37.7. The van der Waals surface area contributed by atoms with Crippen molar-refractivity contribution < 1.29 is 49.0 Å². The van der Waals surface area contributed by atoms with Gasteiger partial charge in [-0.05, 0) is 62.3 Å². The first-order chi connectivity index (χ1) is 25.5. The van der Waals surface area contributed by atoms with Crippen LogP contribution in [0, 0.1) is 23.8 Å². The Hall–Kier alpha value is -2.96.